The Labute approximate surface area is 119 Å². The maximum absolute atomic E-state index is 12.3. The maximum atomic E-state index is 12.3. The van der Waals surface area contributed by atoms with Crippen molar-refractivity contribution in [2.45, 2.75) is 45.7 Å². The minimum Gasteiger partial charge on any atom is -0.351 e. The largest absolute Gasteiger partial charge is 0.351 e. The smallest absolute Gasteiger partial charge is 0.269 e. The average Bonchev–Trinajstić information content (AvgIpc) is 2.76. The Morgan fingerprint density at radius 2 is 2.20 bits per heavy atom. The zero-order valence-electron chi connectivity index (χ0n) is 12.4. The number of carbonyl (C=O) groups excluding carboxylic acids is 2. The van der Waals surface area contributed by atoms with Crippen molar-refractivity contribution in [2.75, 3.05) is 0 Å². The molecule has 0 aliphatic carbocycles. The minimum absolute atomic E-state index is 0.0518. The summed E-state index contributed by atoms with van der Waals surface area (Å²) in [5, 5.41) is 6.02. The van der Waals surface area contributed by atoms with Gasteiger partial charge in [0.1, 0.15) is 5.69 Å². The third kappa shape index (κ3) is 3.00. The van der Waals surface area contributed by atoms with Crippen LogP contribution in [0.2, 0.25) is 0 Å². The van der Waals surface area contributed by atoms with Gasteiger partial charge >= 0.3 is 0 Å². The third-order valence-corrected chi connectivity index (χ3v) is 3.70. The quantitative estimate of drug-likeness (QED) is 0.842. The summed E-state index contributed by atoms with van der Waals surface area (Å²) in [4.78, 5) is 27.8. The highest BCUT2D eigenvalue weighted by molar-refractivity contribution is 5.92. The lowest BCUT2D eigenvalue weighted by atomic mass is 9.78. The van der Waals surface area contributed by atoms with E-state index in [1.807, 2.05) is 0 Å². The SMILES string of the molecule is Cn1cncc1C(=O)N[C@@H]1CCC(=O)N[C@H]1C(C)(C)C. The van der Waals surface area contributed by atoms with Gasteiger partial charge < -0.3 is 15.2 Å². The van der Waals surface area contributed by atoms with Crippen LogP contribution in [0.4, 0.5) is 0 Å². The Kier molecular flexibility index (Phi) is 3.83. The van der Waals surface area contributed by atoms with Gasteiger partial charge in [-0.25, -0.2) is 4.98 Å². The van der Waals surface area contributed by atoms with Crippen molar-refractivity contribution in [1.82, 2.24) is 20.2 Å². The Bertz CT molecular complexity index is 515. The molecular weight excluding hydrogens is 256 g/mol. The first kappa shape index (κ1) is 14.6. The van der Waals surface area contributed by atoms with E-state index in [1.54, 1.807) is 24.1 Å². The molecular formula is C14H22N4O2. The molecule has 1 aromatic heterocycles. The second-order valence-corrected chi connectivity index (χ2v) is 6.42. The number of hydrogen-bond acceptors (Lipinski definition) is 3. The summed E-state index contributed by atoms with van der Waals surface area (Å²) in [6.45, 7) is 6.19. The van der Waals surface area contributed by atoms with Crippen molar-refractivity contribution < 1.29 is 9.59 Å². The van der Waals surface area contributed by atoms with Gasteiger partial charge in [-0.2, -0.15) is 0 Å². The number of piperidine rings is 1. The fourth-order valence-electron chi connectivity index (χ4n) is 2.59. The molecule has 1 fully saturated rings. The van der Waals surface area contributed by atoms with Crippen molar-refractivity contribution in [3.05, 3.63) is 18.2 Å². The number of carbonyl (C=O) groups is 2. The van der Waals surface area contributed by atoms with Gasteiger partial charge in [0, 0.05) is 13.5 Å². The molecule has 2 heterocycles. The predicted octanol–water partition coefficient (Wildman–Crippen LogP) is 0.843. The van der Waals surface area contributed by atoms with Crippen LogP contribution in [0.15, 0.2) is 12.5 Å². The Morgan fingerprint density at radius 3 is 2.75 bits per heavy atom. The summed E-state index contributed by atoms with van der Waals surface area (Å²) in [6.07, 6.45) is 4.25. The van der Waals surface area contributed by atoms with Crippen molar-refractivity contribution in [2.24, 2.45) is 12.5 Å². The summed E-state index contributed by atoms with van der Waals surface area (Å²) in [5.41, 5.74) is 0.412. The zero-order valence-corrected chi connectivity index (χ0v) is 12.4. The van der Waals surface area contributed by atoms with E-state index in [9.17, 15) is 9.59 Å². The van der Waals surface area contributed by atoms with Crippen LogP contribution in [0, 0.1) is 5.41 Å². The highest BCUT2D eigenvalue weighted by Crippen LogP contribution is 2.26. The molecule has 1 aromatic rings. The van der Waals surface area contributed by atoms with Gasteiger partial charge in [-0.15, -0.1) is 0 Å². The zero-order chi connectivity index (χ0) is 14.9. The van der Waals surface area contributed by atoms with E-state index in [0.29, 0.717) is 18.5 Å². The van der Waals surface area contributed by atoms with Crippen LogP contribution in [0.3, 0.4) is 0 Å². The second-order valence-electron chi connectivity index (χ2n) is 6.42. The number of amides is 2. The van der Waals surface area contributed by atoms with Crippen LogP contribution in [-0.2, 0) is 11.8 Å². The van der Waals surface area contributed by atoms with Crippen molar-refractivity contribution >= 4 is 11.8 Å². The van der Waals surface area contributed by atoms with Crippen LogP contribution in [-0.4, -0.2) is 33.4 Å². The maximum Gasteiger partial charge on any atom is 0.269 e. The highest BCUT2D eigenvalue weighted by atomic mass is 16.2. The van der Waals surface area contributed by atoms with Crippen molar-refractivity contribution in [1.29, 1.82) is 0 Å². The molecule has 0 spiro atoms. The van der Waals surface area contributed by atoms with Crippen LogP contribution >= 0.6 is 0 Å². The van der Waals surface area contributed by atoms with Gasteiger partial charge in [0.25, 0.3) is 5.91 Å². The van der Waals surface area contributed by atoms with Crippen LogP contribution < -0.4 is 10.6 Å². The van der Waals surface area contributed by atoms with Crippen LogP contribution in [0.5, 0.6) is 0 Å². The molecule has 1 saturated heterocycles. The lowest BCUT2D eigenvalue weighted by molar-refractivity contribution is -0.125. The number of rotatable bonds is 2. The minimum atomic E-state index is -0.152. The number of imidazole rings is 1. The molecule has 2 amide bonds. The standard InChI is InChI=1S/C14H22N4O2/c1-14(2,3)12-9(5-6-11(19)17-12)16-13(20)10-7-15-8-18(10)4/h7-9,12H,5-6H2,1-4H3,(H,16,20)(H,17,19)/t9-,12-/m1/s1. The molecule has 0 aromatic carbocycles. The molecule has 2 N–H and O–H groups in total. The van der Waals surface area contributed by atoms with Crippen molar-refractivity contribution in [3.8, 4) is 0 Å². The average molecular weight is 278 g/mol. The fraction of sp³-hybridized carbons (Fsp3) is 0.643. The van der Waals surface area contributed by atoms with Gasteiger partial charge in [-0.1, -0.05) is 20.8 Å². The van der Waals surface area contributed by atoms with Crippen LogP contribution in [0.25, 0.3) is 0 Å². The van der Waals surface area contributed by atoms with Gasteiger partial charge in [0.15, 0.2) is 0 Å². The summed E-state index contributed by atoms with van der Waals surface area (Å²) < 4.78 is 1.68. The Balaban J connectivity index is 2.12. The molecule has 0 unspecified atom stereocenters. The molecule has 1 aliphatic heterocycles. The Morgan fingerprint density at radius 1 is 1.50 bits per heavy atom. The summed E-state index contributed by atoms with van der Waals surface area (Å²) in [6, 6.07) is -0.129. The monoisotopic (exact) mass is 278 g/mol. The molecule has 6 nitrogen and oxygen atoms in total. The molecule has 20 heavy (non-hydrogen) atoms. The topological polar surface area (TPSA) is 76.0 Å². The van der Waals surface area contributed by atoms with Gasteiger partial charge in [0.2, 0.25) is 5.91 Å². The second kappa shape index (κ2) is 5.26. The number of aryl methyl sites for hydroxylation is 1. The first-order valence-corrected chi connectivity index (χ1v) is 6.85. The van der Waals surface area contributed by atoms with E-state index < -0.39 is 0 Å². The van der Waals surface area contributed by atoms with E-state index in [-0.39, 0.29) is 29.3 Å². The Hall–Kier alpha value is -1.85. The lowest BCUT2D eigenvalue weighted by Crippen LogP contribution is -2.60. The number of nitrogens with zero attached hydrogens (tertiary/aromatic N) is 2. The molecule has 0 bridgehead atoms. The molecule has 0 saturated carbocycles. The van der Waals surface area contributed by atoms with Crippen LogP contribution in [0.1, 0.15) is 44.1 Å². The lowest BCUT2D eigenvalue weighted by Gasteiger charge is -2.41. The van der Waals surface area contributed by atoms with E-state index >= 15 is 0 Å². The summed E-state index contributed by atoms with van der Waals surface area (Å²) in [7, 11) is 1.78. The molecule has 2 rings (SSSR count). The number of aromatic nitrogens is 2. The van der Waals surface area contributed by atoms with E-state index in [2.05, 4.69) is 36.4 Å². The van der Waals surface area contributed by atoms with E-state index in [1.165, 1.54) is 0 Å². The molecule has 1 aliphatic rings. The molecule has 6 heteroatoms. The summed E-state index contributed by atoms with van der Waals surface area (Å²) in [5.74, 6) is -0.101. The van der Waals surface area contributed by atoms with Crippen molar-refractivity contribution in [3.63, 3.8) is 0 Å². The van der Waals surface area contributed by atoms with E-state index in [0.717, 1.165) is 0 Å². The molecule has 110 valence electrons. The molecule has 2 atom stereocenters. The fourth-order valence-corrected chi connectivity index (χ4v) is 2.59. The normalized spacial score (nSPS) is 23.3. The summed E-state index contributed by atoms with van der Waals surface area (Å²) >= 11 is 0. The van der Waals surface area contributed by atoms with E-state index in [4.69, 9.17) is 0 Å². The number of nitrogens with one attached hydrogen (secondary N) is 2. The highest BCUT2D eigenvalue weighted by Gasteiger charge is 2.37. The first-order chi connectivity index (χ1) is 9.29. The van der Waals surface area contributed by atoms with Gasteiger partial charge in [0.05, 0.1) is 24.6 Å². The predicted molar refractivity (Wildman–Crippen MR) is 75.1 cm³/mol. The number of hydrogen-bond donors (Lipinski definition) is 2. The van der Waals surface area contributed by atoms with Gasteiger partial charge in [-0.3, -0.25) is 9.59 Å². The molecule has 0 radical (unpaired) electrons. The van der Waals surface area contributed by atoms with Gasteiger partial charge in [-0.05, 0) is 11.8 Å². The first-order valence-electron chi connectivity index (χ1n) is 6.85. The third-order valence-electron chi connectivity index (χ3n) is 3.70.